The van der Waals surface area contributed by atoms with Gasteiger partial charge in [-0.2, -0.15) is 0 Å². The fraction of sp³-hybridized carbons (Fsp3) is 0.538. The lowest BCUT2D eigenvalue weighted by atomic mass is 10.1. The van der Waals surface area contributed by atoms with Gasteiger partial charge in [-0.3, -0.25) is 0 Å². The average molecular weight is 204 g/mol. The van der Waals surface area contributed by atoms with Crippen molar-refractivity contribution in [2.45, 2.75) is 26.8 Å². The van der Waals surface area contributed by atoms with Crippen LogP contribution in [0.4, 0.5) is 5.69 Å². The number of piperazine rings is 1. The second-order valence-corrected chi connectivity index (χ2v) is 4.59. The van der Waals surface area contributed by atoms with Crippen LogP contribution in [0.15, 0.2) is 18.2 Å². The molecule has 0 aliphatic carbocycles. The lowest BCUT2D eigenvalue weighted by Gasteiger charge is -2.34. The summed E-state index contributed by atoms with van der Waals surface area (Å²) in [4.78, 5) is 2.49. The highest BCUT2D eigenvalue weighted by Gasteiger charge is 2.16. The zero-order chi connectivity index (χ0) is 10.8. The van der Waals surface area contributed by atoms with E-state index in [-0.39, 0.29) is 0 Å². The van der Waals surface area contributed by atoms with Crippen LogP contribution in [0.25, 0.3) is 0 Å². The molecule has 2 rings (SSSR count). The highest BCUT2D eigenvalue weighted by Crippen LogP contribution is 2.22. The Balaban J connectivity index is 2.24. The van der Waals surface area contributed by atoms with E-state index in [1.165, 1.54) is 16.8 Å². The topological polar surface area (TPSA) is 15.3 Å². The van der Waals surface area contributed by atoms with Gasteiger partial charge in [0.2, 0.25) is 0 Å². The second-order valence-electron chi connectivity index (χ2n) is 4.59. The quantitative estimate of drug-likeness (QED) is 0.753. The first-order chi connectivity index (χ1) is 7.16. The molecule has 1 aliphatic heterocycles. The van der Waals surface area contributed by atoms with Crippen LogP contribution in [0.1, 0.15) is 18.1 Å². The SMILES string of the molecule is Cc1ccc(C)c(N2CCNC(C)C2)c1. The summed E-state index contributed by atoms with van der Waals surface area (Å²) in [5, 5.41) is 3.47. The maximum absolute atomic E-state index is 3.47. The van der Waals surface area contributed by atoms with Crippen molar-refractivity contribution >= 4 is 5.69 Å². The maximum Gasteiger partial charge on any atom is 0.0399 e. The number of nitrogens with one attached hydrogen (secondary N) is 1. The van der Waals surface area contributed by atoms with Gasteiger partial charge in [-0.05, 0) is 38.0 Å². The summed E-state index contributed by atoms with van der Waals surface area (Å²) in [7, 11) is 0. The molecule has 2 heteroatoms. The molecule has 1 N–H and O–H groups in total. The predicted molar refractivity (Wildman–Crippen MR) is 65.6 cm³/mol. The van der Waals surface area contributed by atoms with Crippen LogP contribution in [-0.2, 0) is 0 Å². The zero-order valence-electron chi connectivity index (χ0n) is 9.88. The number of hydrogen-bond acceptors (Lipinski definition) is 2. The number of anilines is 1. The van der Waals surface area contributed by atoms with Gasteiger partial charge in [0.05, 0.1) is 0 Å². The van der Waals surface area contributed by atoms with Gasteiger partial charge in [-0.15, -0.1) is 0 Å². The molecule has 1 fully saturated rings. The molecule has 0 saturated carbocycles. The Morgan fingerprint density at radius 2 is 2.13 bits per heavy atom. The molecule has 0 bridgehead atoms. The lowest BCUT2D eigenvalue weighted by molar-refractivity contribution is 0.484. The Labute approximate surface area is 92.3 Å². The molecule has 2 nitrogen and oxygen atoms in total. The number of aryl methyl sites for hydroxylation is 2. The molecule has 1 aromatic rings. The summed E-state index contributed by atoms with van der Waals surface area (Å²) in [6.45, 7) is 9.93. The molecule has 1 aliphatic rings. The third kappa shape index (κ3) is 2.32. The molecule has 0 radical (unpaired) electrons. The van der Waals surface area contributed by atoms with Crippen molar-refractivity contribution in [2.24, 2.45) is 0 Å². The van der Waals surface area contributed by atoms with Gasteiger partial charge in [0.1, 0.15) is 0 Å². The summed E-state index contributed by atoms with van der Waals surface area (Å²) in [5.74, 6) is 0. The fourth-order valence-corrected chi connectivity index (χ4v) is 2.21. The van der Waals surface area contributed by atoms with Crippen molar-refractivity contribution in [1.29, 1.82) is 0 Å². The summed E-state index contributed by atoms with van der Waals surface area (Å²) < 4.78 is 0. The lowest BCUT2D eigenvalue weighted by Crippen LogP contribution is -2.49. The van der Waals surface area contributed by atoms with Crippen molar-refractivity contribution in [3.8, 4) is 0 Å². The largest absolute Gasteiger partial charge is 0.368 e. The number of hydrogen-bond donors (Lipinski definition) is 1. The van der Waals surface area contributed by atoms with Gasteiger partial charge in [-0.1, -0.05) is 12.1 Å². The molecule has 1 saturated heterocycles. The monoisotopic (exact) mass is 204 g/mol. The van der Waals surface area contributed by atoms with Gasteiger partial charge >= 0.3 is 0 Å². The molecule has 15 heavy (non-hydrogen) atoms. The molecule has 0 amide bonds. The summed E-state index contributed by atoms with van der Waals surface area (Å²) in [5.41, 5.74) is 4.14. The number of benzene rings is 1. The third-order valence-electron chi connectivity index (χ3n) is 3.07. The first-order valence-electron chi connectivity index (χ1n) is 5.72. The van der Waals surface area contributed by atoms with Gasteiger partial charge in [0.25, 0.3) is 0 Å². The van der Waals surface area contributed by atoms with Crippen LogP contribution in [-0.4, -0.2) is 25.7 Å². The van der Waals surface area contributed by atoms with Crippen LogP contribution in [0.3, 0.4) is 0 Å². The Morgan fingerprint density at radius 1 is 1.33 bits per heavy atom. The molecule has 1 heterocycles. The minimum Gasteiger partial charge on any atom is -0.368 e. The predicted octanol–water partition coefficient (Wildman–Crippen LogP) is 2.10. The van der Waals surface area contributed by atoms with Gasteiger partial charge < -0.3 is 10.2 Å². The van der Waals surface area contributed by atoms with Crippen LogP contribution in [0.5, 0.6) is 0 Å². The molecule has 0 aromatic heterocycles. The Bertz CT molecular complexity index is 346. The van der Waals surface area contributed by atoms with Crippen LogP contribution in [0, 0.1) is 13.8 Å². The van der Waals surface area contributed by atoms with Gasteiger partial charge in [-0.25, -0.2) is 0 Å². The van der Waals surface area contributed by atoms with Crippen LogP contribution < -0.4 is 10.2 Å². The number of nitrogens with zero attached hydrogens (tertiary/aromatic N) is 1. The fourth-order valence-electron chi connectivity index (χ4n) is 2.21. The Kier molecular flexibility index (Phi) is 2.96. The molecular formula is C13H20N2. The molecule has 1 atom stereocenters. The van der Waals surface area contributed by atoms with Crippen molar-refractivity contribution in [1.82, 2.24) is 5.32 Å². The first kappa shape index (κ1) is 10.5. The highest BCUT2D eigenvalue weighted by molar-refractivity contribution is 5.55. The molecular weight excluding hydrogens is 184 g/mol. The number of rotatable bonds is 1. The van der Waals surface area contributed by atoms with Crippen molar-refractivity contribution in [3.05, 3.63) is 29.3 Å². The van der Waals surface area contributed by atoms with Gasteiger partial charge in [0.15, 0.2) is 0 Å². The Morgan fingerprint density at radius 3 is 2.87 bits per heavy atom. The smallest absolute Gasteiger partial charge is 0.0399 e. The van der Waals surface area contributed by atoms with Crippen molar-refractivity contribution < 1.29 is 0 Å². The van der Waals surface area contributed by atoms with Crippen molar-refractivity contribution in [2.75, 3.05) is 24.5 Å². The van der Waals surface area contributed by atoms with E-state index < -0.39 is 0 Å². The van der Waals surface area contributed by atoms with E-state index in [0.29, 0.717) is 6.04 Å². The Hall–Kier alpha value is -1.02. The van der Waals surface area contributed by atoms with E-state index in [4.69, 9.17) is 0 Å². The minimum absolute atomic E-state index is 0.596. The normalized spacial score (nSPS) is 21.8. The zero-order valence-corrected chi connectivity index (χ0v) is 9.88. The molecule has 82 valence electrons. The minimum atomic E-state index is 0.596. The van der Waals surface area contributed by atoms with E-state index in [9.17, 15) is 0 Å². The maximum atomic E-state index is 3.47. The second kappa shape index (κ2) is 4.23. The highest BCUT2D eigenvalue weighted by atomic mass is 15.2. The molecule has 0 spiro atoms. The van der Waals surface area contributed by atoms with Gasteiger partial charge in [0, 0.05) is 31.4 Å². The molecule has 1 aromatic carbocycles. The van der Waals surface area contributed by atoms with Crippen LogP contribution in [0.2, 0.25) is 0 Å². The average Bonchev–Trinajstić information content (AvgIpc) is 2.22. The van der Waals surface area contributed by atoms with E-state index in [2.05, 4.69) is 49.2 Å². The summed E-state index contributed by atoms with van der Waals surface area (Å²) in [6.07, 6.45) is 0. The molecule has 1 unspecified atom stereocenters. The van der Waals surface area contributed by atoms with E-state index in [0.717, 1.165) is 19.6 Å². The van der Waals surface area contributed by atoms with E-state index in [1.807, 2.05) is 0 Å². The van der Waals surface area contributed by atoms with Crippen LogP contribution >= 0.6 is 0 Å². The van der Waals surface area contributed by atoms with Crippen molar-refractivity contribution in [3.63, 3.8) is 0 Å². The first-order valence-corrected chi connectivity index (χ1v) is 5.72. The summed E-state index contributed by atoms with van der Waals surface area (Å²) in [6, 6.07) is 7.30. The summed E-state index contributed by atoms with van der Waals surface area (Å²) >= 11 is 0. The standard InChI is InChI=1S/C13H20N2/c1-10-4-5-11(2)13(8-10)15-7-6-14-12(3)9-15/h4-5,8,12,14H,6-7,9H2,1-3H3. The third-order valence-corrected chi connectivity index (χ3v) is 3.07. The van der Waals surface area contributed by atoms with E-state index in [1.54, 1.807) is 0 Å². The van der Waals surface area contributed by atoms with E-state index >= 15 is 0 Å².